The van der Waals surface area contributed by atoms with Gasteiger partial charge in [-0.05, 0) is 25.8 Å². The van der Waals surface area contributed by atoms with E-state index in [0.717, 1.165) is 12.8 Å². The van der Waals surface area contributed by atoms with Gasteiger partial charge in [-0.15, -0.1) is 0 Å². The zero-order valence-electron chi connectivity index (χ0n) is 8.97. The molecule has 0 spiro atoms. The molecule has 0 bridgehead atoms. The van der Waals surface area contributed by atoms with Crippen LogP contribution in [0.1, 0.15) is 29.0 Å². The topological polar surface area (TPSA) is 75.1 Å². The van der Waals surface area contributed by atoms with Crippen LogP contribution >= 0.6 is 0 Å². The number of aromatic carboxylic acids is 1. The van der Waals surface area contributed by atoms with Gasteiger partial charge in [-0.2, -0.15) is 0 Å². The highest BCUT2D eigenvalue weighted by atomic mass is 16.4. The van der Waals surface area contributed by atoms with Crippen LogP contribution in [0.25, 0.3) is 0 Å². The molecule has 0 saturated heterocycles. The van der Waals surface area contributed by atoms with Gasteiger partial charge in [-0.25, -0.2) is 14.8 Å². The fraction of sp³-hybridized carbons (Fsp3) is 0.364. The SMILES string of the molecule is Cc1cc(C(=O)O)nc(NC2CC=CC2)n1. The van der Waals surface area contributed by atoms with Crippen LogP contribution in [0.5, 0.6) is 0 Å². The number of carbonyl (C=O) groups is 1. The molecule has 0 amide bonds. The quantitative estimate of drug-likeness (QED) is 0.755. The average Bonchev–Trinajstić information content (AvgIpc) is 2.69. The predicted octanol–water partition coefficient (Wildman–Crippen LogP) is 1.61. The third-order valence-electron chi connectivity index (χ3n) is 2.41. The van der Waals surface area contributed by atoms with E-state index in [0.29, 0.717) is 11.6 Å². The zero-order valence-corrected chi connectivity index (χ0v) is 8.97. The highest BCUT2D eigenvalue weighted by Crippen LogP contribution is 2.14. The van der Waals surface area contributed by atoms with Crippen LogP contribution in [-0.2, 0) is 0 Å². The van der Waals surface area contributed by atoms with E-state index in [1.807, 2.05) is 0 Å². The van der Waals surface area contributed by atoms with Crippen molar-refractivity contribution in [2.45, 2.75) is 25.8 Å². The first-order valence-electron chi connectivity index (χ1n) is 5.15. The Morgan fingerprint density at radius 2 is 2.12 bits per heavy atom. The fourth-order valence-electron chi connectivity index (χ4n) is 1.66. The average molecular weight is 219 g/mol. The Labute approximate surface area is 93.2 Å². The van der Waals surface area contributed by atoms with E-state index in [2.05, 4.69) is 27.4 Å². The summed E-state index contributed by atoms with van der Waals surface area (Å²) in [5, 5.41) is 12.0. The standard InChI is InChI=1S/C11H13N3O2/c1-7-6-9(10(15)16)14-11(12-7)13-8-4-2-3-5-8/h2-3,6,8H,4-5H2,1H3,(H,15,16)(H,12,13,14). The lowest BCUT2D eigenvalue weighted by atomic mass is 10.2. The maximum atomic E-state index is 10.8. The molecule has 0 saturated carbocycles. The molecule has 0 fully saturated rings. The Kier molecular flexibility index (Phi) is 2.85. The van der Waals surface area contributed by atoms with Crippen molar-refractivity contribution in [3.8, 4) is 0 Å². The van der Waals surface area contributed by atoms with Gasteiger partial charge in [0, 0.05) is 11.7 Å². The van der Waals surface area contributed by atoms with Crippen LogP contribution in [0.3, 0.4) is 0 Å². The number of aryl methyl sites for hydroxylation is 1. The lowest BCUT2D eigenvalue weighted by molar-refractivity contribution is 0.0690. The minimum atomic E-state index is -1.03. The van der Waals surface area contributed by atoms with Gasteiger partial charge in [-0.1, -0.05) is 12.2 Å². The van der Waals surface area contributed by atoms with E-state index in [-0.39, 0.29) is 11.7 Å². The summed E-state index contributed by atoms with van der Waals surface area (Å²) in [4.78, 5) is 18.9. The second-order valence-corrected chi connectivity index (χ2v) is 3.81. The van der Waals surface area contributed by atoms with Gasteiger partial charge in [-0.3, -0.25) is 0 Å². The lowest BCUT2D eigenvalue weighted by Gasteiger charge is -2.12. The van der Waals surface area contributed by atoms with Gasteiger partial charge in [0.25, 0.3) is 0 Å². The summed E-state index contributed by atoms with van der Waals surface area (Å²) in [6.07, 6.45) is 6.04. The normalized spacial score (nSPS) is 15.3. The monoisotopic (exact) mass is 219 g/mol. The number of aromatic nitrogens is 2. The Morgan fingerprint density at radius 3 is 2.75 bits per heavy atom. The molecule has 5 nitrogen and oxygen atoms in total. The van der Waals surface area contributed by atoms with E-state index in [4.69, 9.17) is 5.11 Å². The molecule has 1 aromatic rings. The molecular formula is C11H13N3O2. The summed E-state index contributed by atoms with van der Waals surface area (Å²) in [6.45, 7) is 1.76. The lowest BCUT2D eigenvalue weighted by Crippen LogP contribution is -2.18. The van der Waals surface area contributed by atoms with Crippen molar-refractivity contribution in [3.63, 3.8) is 0 Å². The van der Waals surface area contributed by atoms with Gasteiger partial charge in [0.2, 0.25) is 5.95 Å². The molecular weight excluding hydrogens is 206 g/mol. The minimum Gasteiger partial charge on any atom is -0.477 e. The Bertz CT molecular complexity index is 435. The first-order valence-corrected chi connectivity index (χ1v) is 5.15. The molecule has 16 heavy (non-hydrogen) atoms. The molecule has 84 valence electrons. The summed E-state index contributed by atoms with van der Waals surface area (Å²) in [6, 6.07) is 1.74. The molecule has 2 rings (SSSR count). The van der Waals surface area contributed by atoms with Crippen LogP contribution in [0.4, 0.5) is 5.95 Å². The number of nitrogens with zero attached hydrogens (tertiary/aromatic N) is 2. The summed E-state index contributed by atoms with van der Waals surface area (Å²) < 4.78 is 0. The van der Waals surface area contributed by atoms with Crippen molar-refractivity contribution >= 4 is 11.9 Å². The Hall–Kier alpha value is -1.91. The zero-order chi connectivity index (χ0) is 11.5. The van der Waals surface area contributed by atoms with Gasteiger partial charge >= 0.3 is 5.97 Å². The summed E-state index contributed by atoms with van der Waals surface area (Å²) >= 11 is 0. The smallest absolute Gasteiger partial charge is 0.354 e. The summed E-state index contributed by atoms with van der Waals surface area (Å²) in [5.41, 5.74) is 0.682. The number of rotatable bonds is 3. The van der Waals surface area contributed by atoms with Crippen molar-refractivity contribution in [2.24, 2.45) is 0 Å². The highest BCUT2D eigenvalue weighted by molar-refractivity contribution is 5.85. The minimum absolute atomic E-state index is 0.0287. The third kappa shape index (κ3) is 2.36. The number of hydrogen-bond donors (Lipinski definition) is 2. The van der Waals surface area contributed by atoms with Crippen molar-refractivity contribution in [1.29, 1.82) is 0 Å². The van der Waals surface area contributed by atoms with Gasteiger partial charge in [0.1, 0.15) is 0 Å². The van der Waals surface area contributed by atoms with Gasteiger partial charge < -0.3 is 10.4 Å². The number of hydrogen-bond acceptors (Lipinski definition) is 4. The predicted molar refractivity (Wildman–Crippen MR) is 59.5 cm³/mol. The van der Waals surface area contributed by atoms with E-state index in [1.54, 1.807) is 6.92 Å². The van der Waals surface area contributed by atoms with Crippen LogP contribution < -0.4 is 5.32 Å². The second kappa shape index (κ2) is 4.30. The summed E-state index contributed by atoms with van der Waals surface area (Å²) in [7, 11) is 0. The fourth-order valence-corrected chi connectivity index (χ4v) is 1.66. The number of nitrogens with one attached hydrogen (secondary N) is 1. The van der Waals surface area contributed by atoms with Crippen molar-refractivity contribution < 1.29 is 9.90 Å². The van der Waals surface area contributed by atoms with Gasteiger partial charge in [0.15, 0.2) is 5.69 Å². The van der Waals surface area contributed by atoms with Crippen molar-refractivity contribution in [1.82, 2.24) is 9.97 Å². The Morgan fingerprint density at radius 1 is 1.44 bits per heavy atom. The second-order valence-electron chi connectivity index (χ2n) is 3.81. The van der Waals surface area contributed by atoms with Crippen molar-refractivity contribution in [2.75, 3.05) is 5.32 Å². The van der Waals surface area contributed by atoms with Crippen LogP contribution in [0.2, 0.25) is 0 Å². The largest absolute Gasteiger partial charge is 0.477 e. The molecule has 5 heteroatoms. The first-order chi connectivity index (χ1) is 7.65. The molecule has 1 aliphatic carbocycles. The van der Waals surface area contributed by atoms with Crippen molar-refractivity contribution in [3.05, 3.63) is 29.6 Å². The maximum Gasteiger partial charge on any atom is 0.354 e. The van der Waals surface area contributed by atoms with E-state index >= 15 is 0 Å². The molecule has 0 aliphatic heterocycles. The van der Waals surface area contributed by atoms with E-state index in [1.165, 1.54) is 6.07 Å². The molecule has 0 atom stereocenters. The van der Waals surface area contributed by atoms with Gasteiger partial charge in [0.05, 0.1) is 0 Å². The molecule has 1 aliphatic rings. The van der Waals surface area contributed by atoms with Crippen LogP contribution in [0, 0.1) is 6.92 Å². The highest BCUT2D eigenvalue weighted by Gasteiger charge is 2.13. The first kappa shape index (κ1) is 10.6. The third-order valence-corrected chi connectivity index (χ3v) is 2.41. The molecule has 1 heterocycles. The maximum absolute atomic E-state index is 10.8. The molecule has 0 unspecified atom stereocenters. The molecule has 2 N–H and O–H groups in total. The van der Waals surface area contributed by atoms with Crippen LogP contribution in [-0.4, -0.2) is 27.1 Å². The molecule has 0 aromatic carbocycles. The Balaban J connectivity index is 2.16. The van der Waals surface area contributed by atoms with E-state index < -0.39 is 5.97 Å². The number of anilines is 1. The number of carboxylic acids is 1. The summed E-state index contributed by atoms with van der Waals surface area (Å²) in [5.74, 6) is -0.635. The molecule has 0 radical (unpaired) electrons. The molecule has 1 aromatic heterocycles. The van der Waals surface area contributed by atoms with E-state index in [9.17, 15) is 4.79 Å². The van der Waals surface area contributed by atoms with Crippen LogP contribution in [0.15, 0.2) is 18.2 Å². The number of carboxylic acid groups (broad SMARTS) is 1.